The number of epoxide rings is 2. The second-order valence-electron chi connectivity index (χ2n) is 11.6. The van der Waals surface area contributed by atoms with Crippen LogP contribution >= 0.6 is 0 Å². The van der Waals surface area contributed by atoms with Crippen LogP contribution < -0.4 is 0 Å². The van der Waals surface area contributed by atoms with Crippen LogP contribution in [0.3, 0.4) is 0 Å². The highest BCUT2D eigenvalue weighted by Gasteiger charge is 2.88. The SMILES string of the molecule is CC(=O)OC1CC2OC2(C)C2[C@H](O)C34O[C@@]3(C)C(=O)O[C@H]4/C=C(/C)C[C@H](OC(C)=O)[C@H](OC(C)=O)[C@@]12C. The Kier molecular flexibility index (Phi) is 5.65. The lowest BCUT2D eigenvalue weighted by Crippen LogP contribution is -2.67. The second-order valence-corrected chi connectivity index (χ2v) is 11.6. The topological polar surface area (TPSA) is 150 Å². The first kappa shape index (κ1) is 26.1. The van der Waals surface area contributed by atoms with Gasteiger partial charge >= 0.3 is 23.9 Å². The first-order valence-electron chi connectivity index (χ1n) is 12.6. The highest BCUT2D eigenvalue weighted by molar-refractivity contribution is 5.89. The van der Waals surface area contributed by atoms with Crippen LogP contribution in [0.4, 0.5) is 0 Å². The van der Waals surface area contributed by atoms with Gasteiger partial charge in [0.05, 0.1) is 23.2 Å². The molecule has 204 valence electrons. The lowest BCUT2D eigenvalue weighted by Gasteiger charge is -2.54. The van der Waals surface area contributed by atoms with E-state index in [4.69, 9.17) is 28.4 Å². The summed E-state index contributed by atoms with van der Waals surface area (Å²) in [4.78, 5) is 49.8. The lowest BCUT2D eigenvalue weighted by molar-refractivity contribution is -0.224. The van der Waals surface area contributed by atoms with Crippen LogP contribution in [0.5, 0.6) is 0 Å². The van der Waals surface area contributed by atoms with Crippen molar-refractivity contribution in [1.29, 1.82) is 0 Å². The summed E-state index contributed by atoms with van der Waals surface area (Å²) in [5.74, 6) is -3.27. The number of esters is 4. The van der Waals surface area contributed by atoms with Crippen molar-refractivity contribution in [1.82, 2.24) is 0 Å². The molecule has 1 saturated carbocycles. The van der Waals surface area contributed by atoms with Crippen molar-refractivity contribution in [2.24, 2.45) is 11.3 Å². The predicted octanol–water partition coefficient (Wildman–Crippen LogP) is 1.13. The molecule has 1 spiro atoms. The van der Waals surface area contributed by atoms with E-state index in [2.05, 4.69) is 0 Å². The van der Waals surface area contributed by atoms with Crippen molar-refractivity contribution in [2.75, 3.05) is 0 Å². The molecule has 0 amide bonds. The summed E-state index contributed by atoms with van der Waals surface area (Å²) in [6.45, 7) is 10.7. The minimum absolute atomic E-state index is 0.130. The molecule has 0 aromatic rings. The molecule has 11 nitrogen and oxygen atoms in total. The molecule has 4 fully saturated rings. The molecular weight excluding hydrogens is 488 g/mol. The number of aliphatic hydroxyl groups excluding tert-OH is 1. The van der Waals surface area contributed by atoms with Crippen LogP contribution in [0.25, 0.3) is 0 Å². The summed E-state index contributed by atoms with van der Waals surface area (Å²) in [5, 5.41) is 12.2. The van der Waals surface area contributed by atoms with E-state index in [9.17, 15) is 24.3 Å². The van der Waals surface area contributed by atoms with Crippen LogP contribution in [0.1, 0.15) is 61.3 Å². The number of aliphatic hydroxyl groups is 1. The standard InChI is InChI=1S/C26H34O11/c1-11-8-15(32-12(2)27)21(34-14(4)29)23(5)16(33-13(3)28)10-17-24(6,36-17)19(23)20(30)26-18(9-11)35-22(31)25(26,7)37-26/h9,15-21,30H,8,10H2,1-7H3/b11-9-/t15-,16?,17?,18-,19?,20-,21-,23-,24?,25-,26?/m0/s1. The molecule has 11 heteroatoms. The van der Waals surface area contributed by atoms with Gasteiger partial charge in [0.15, 0.2) is 17.3 Å². The van der Waals surface area contributed by atoms with Crippen LogP contribution in [-0.2, 0) is 47.6 Å². The van der Waals surface area contributed by atoms with E-state index in [1.807, 2.05) is 6.92 Å². The number of carbonyl (C=O) groups excluding carboxylic acids is 4. The smallest absolute Gasteiger partial charge is 0.342 e. The maximum atomic E-state index is 12.9. The number of hydrogen-bond acceptors (Lipinski definition) is 11. The highest BCUT2D eigenvalue weighted by Crippen LogP contribution is 2.69. The van der Waals surface area contributed by atoms with Crippen molar-refractivity contribution in [2.45, 2.75) is 115 Å². The summed E-state index contributed by atoms with van der Waals surface area (Å²) < 4.78 is 35.2. The van der Waals surface area contributed by atoms with Crippen molar-refractivity contribution in [3.63, 3.8) is 0 Å². The normalized spacial score (nSPS) is 51.0. The minimum Gasteiger partial charge on any atom is -0.462 e. The van der Waals surface area contributed by atoms with Gasteiger partial charge in [0.2, 0.25) is 0 Å². The van der Waals surface area contributed by atoms with Crippen LogP contribution in [-0.4, -0.2) is 82.4 Å². The summed E-state index contributed by atoms with van der Waals surface area (Å²) in [5.41, 5.74) is -4.41. The van der Waals surface area contributed by atoms with Crippen molar-refractivity contribution in [3.05, 3.63) is 11.6 Å². The lowest BCUT2D eigenvalue weighted by atomic mass is 9.53. The van der Waals surface area contributed by atoms with Gasteiger partial charge < -0.3 is 33.5 Å². The number of hydrogen-bond donors (Lipinski definition) is 1. The molecule has 5 unspecified atom stereocenters. The molecule has 11 atom stereocenters. The summed E-state index contributed by atoms with van der Waals surface area (Å²) in [6.07, 6.45) is -3.58. The van der Waals surface area contributed by atoms with Crippen LogP contribution in [0.2, 0.25) is 0 Å². The van der Waals surface area contributed by atoms with E-state index in [1.165, 1.54) is 20.8 Å². The minimum atomic E-state index is -1.43. The van der Waals surface area contributed by atoms with Gasteiger partial charge in [-0.1, -0.05) is 12.5 Å². The fourth-order valence-corrected chi connectivity index (χ4v) is 7.41. The van der Waals surface area contributed by atoms with E-state index in [-0.39, 0.29) is 18.9 Å². The van der Waals surface area contributed by atoms with Gasteiger partial charge in [0.1, 0.15) is 18.3 Å². The summed E-state index contributed by atoms with van der Waals surface area (Å²) in [7, 11) is 0. The maximum Gasteiger partial charge on any atom is 0.342 e. The molecule has 3 saturated heterocycles. The zero-order chi connectivity index (χ0) is 27.3. The van der Waals surface area contributed by atoms with E-state index >= 15 is 0 Å². The Morgan fingerprint density at radius 3 is 2.22 bits per heavy atom. The Hall–Kier alpha value is -2.50. The zero-order valence-corrected chi connectivity index (χ0v) is 22.1. The first-order chi connectivity index (χ1) is 17.1. The molecule has 5 aliphatic rings. The van der Waals surface area contributed by atoms with E-state index in [0.717, 1.165) is 0 Å². The number of carbonyl (C=O) groups is 4. The average molecular weight is 523 g/mol. The zero-order valence-electron chi connectivity index (χ0n) is 22.1. The molecule has 0 aromatic heterocycles. The van der Waals surface area contributed by atoms with Gasteiger partial charge in [-0.2, -0.15) is 0 Å². The number of fused-ring (bicyclic) bond motifs is 3. The largest absolute Gasteiger partial charge is 0.462 e. The van der Waals surface area contributed by atoms with Gasteiger partial charge in [0.25, 0.3) is 0 Å². The van der Waals surface area contributed by atoms with Gasteiger partial charge in [0, 0.05) is 39.5 Å². The Labute approximate surface area is 214 Å². The molecular formula is C26H34O11. The highest BCUT2D eigenvalue weighted by atomic mass is 16.7. The average Bonchev–Trinajstić information content (AvgIpc) is 3.59. The third-order valence-corrected chi connectivity index (χ3v) is 9.09. The predicted molar refractivity (Wildman–Crippen MR) is 123 cm³/mol. The van der Waals surface area contributed by atoms with Gasteiger partial charge in [-0.25, -0.2) is 4.79 Å². The summed E-state index contributed by atoms with van der Waals surface area (Å²) >= 11 is 0. The van der Waals surface area contributed by atoms with E-state index in [1.54, 1.807) is 26.8 Å². The third-order valence-electron chi connectivity index (χ3n) is 9.09. The Morgan fingerprint density at radius 1 is 1.03 bits per heavy atom. The van der Waals surface area contributed by atoms with Crippen molar-refractivity contribution < 1.29 is 52.7 Å². The molecule has 0 aromatic carbocycles. The third kappa shape index (κ3) is 3.50. The van der Waals surface area contributed by atoms with Crippen LogP contribution in [0.15, 0.2) is 11.6 Å². The van der Waals surface area contributed by atoms with Gasteiger partial charge in [-0.15, -0.1) is 0 Å². The van der Waals surface area contributed by atoms with E-state index in [0.29, 0.717) is 5.57 Å². The molecule has 37 heavy (non-hydrogen) atoms. The molecule has 0 radical (unpaired) electrons. The monoisotopic (exact) mass is 522 g/mol. The fourth-order valence-electron chi connectivity index (χ4n) is 7.41. The second kappa shape index (κ2) is 8.00. The Balaban J connectivity index is 1.75. The van der Waals surface area contributed by atoms with Gasteiger partial charge in [-0.05, 0) is 26.8 Å². The molecule has 0 bridgehead atoms. The van der Waals surface area contributed by atoms with Crippen LogP contribution in [0, 0.1) is 11.3 Å². The number of rotatable bonds is 3. The Morgan fingerprint density at radius 2 is 1.65 bits per heavy atom. The maximum absolute atomic E-state index is 12.9. The fraction of sp³-hybridized carbons (Fsp3) is 0.769. The Bertz CT molecular complexity index is 1100. The molecule has 5 rings (SSSR count). The van der Waals surface area contributed by atoms with Gasteiger partial charge in [-0.3, -0.25) is 14.4 Å². The quantitative estimate of drug-likeness (QED) is 0.246. The van der Waals surface area contributed by atoms with Crippen molar-refractivity contribution in [3.8, 4) is 0 Å². The molecule has 1 N–H and O–H groups in total. The summed E-state index contributed by atoms with van der Waals surface area (Å²) in [6, 6.07) is 0. The molecule has 3 aliphatic heterocycles. The number of ether oxygens (including phenoxy) is 6. The van der Waals surface area contributed by atoms with Crippen molar-refractivity contribution >= 4 is 23.9 Å². The first-order valence-corrected chi connectivity index (χ1v) is 12.6. The van der Waals surface area contributed by atoms with E-state index < -0.39 is 82.5 Å². The molecule has 2 aliphatic carbocycles. The molecule has 3 heterocycles.